The van der Waals surface area contributed by atoms with E-state index < -0.39 is 0 Å². The Bertz CT molecular complexity index is 205. The number of hydrogen-bond donors (Lipinski definition) is 0. The summed E-state index contributed by atoms with van der Waals surface area (Å²) in [4.78, 5) is 10.6. The van der Waals surface area contributed by atoms with Gasteiger partial charge in [0.1, 0.15) is 0 Å². The van der Waals surface area contributed by atoms with Gasteiger partial charge in [-0.1, -0.05) is 27.7 Å². The van der Waals surface area contributed by atoms with E-state index in [0.29, 0.717) is 0 Å². The average molecular weight is 185 g/mol. The third-order valence-electron chi connectivity index (χ3n) is 2.83. The van der Waals surface area contributed by atoms with Crippen molar-refractivity contribution in [1.29, 1.82) is 0 Å². The maximum Gasteiger partial charge on any atom is 0.214 e. The highest BCUT2D eigenvalue weighted by atomic mass is 16.6. The van der Waals surface area contributed by atoms with Gasteiger partial charge in [-0.3, -0.25) is 10.1 Å². The van der Waals surface area contributed by atoms with Crippen LogP contribution in [-0.2, 0) is 0 Å². The largest absolute Gasteiger partial charge is 0.264 e. The van der Waals surface area contributed by atoms with Gasteiger partial charge in [-0.05, 0) is 17.3 Å². The van der Waals surface area contributed by atoms with Gasteiger partial charge in [-0.15, -0.1) is 0 Å². The minimum absolute atomic E-state index is 0.108. The number of nitro groups is 1. The minimum Gasteiger partial charge on any atom is -0.264 e. The zero-order chi connectivity index (χ0) is 10.3. The summed E-state index contributed by atoms with van der Waals surface area (Å²) in [5, 5.41) is 10.7. The van der Waals surface area contributed by atoms with Crippen molar-refractivity contribution in [2.24, 2.45) is 10.8 Å². The molecule has 0 heterocycles. The van der Waals surface area contributed by atoms with Crippen molar-refractivity contribution in [2.75, 3.05) is 0 Å². The third kappa shape index (κ3) is 2.68. The second-order valence-electron chi connectivity index (χ2n) is 5.85. The summed E-state index contributed by atoms with van der Waals surface area (Å²) in [5.41, 5.74) is 0.249. The van der Waals surface area contributed by atoms with Crippen molar-refractivity contribution in [1.82, 2.24) is 0 Å². The maximum atomic E-state index is 10.7. The first-order valence-electron chi connectivity index (χ1n) is 4.85. The van der Waals surface area contributed by atoms with E-state index in [1.807, 2.05) is 0 Å². The van der Waals surface area contributed by atoms with E-state index in [2.05, 4.69) is 27.7 Å². The molecule has 1 saturated carbocycles. The normalized spacial score (nSPS) is 27.1. The highest BCUT2D eigenvalue weighted by molar-refractivity contribution is 4.89. The van der Waals surface area contributed by atoms with Gasteiger partial charge in [0.2, 0.25) is 6.04 Å². The molecule has 0 aromatic rings. The average Bonchev–Trinajstić information content (AvgIpc) is 1.79. The second kappa shape index (κ2) is 2.96. The van der Waals surface area contributed by atoms with Crippen LogP contribution in [0.25, 0.3) is 0 Å². The summed E-state index contributed by atoms with van der Waals surface area (Å²) < 4.78 is 0. The van der Waals surface area contributed by atoms with E-state index >= 15 is 0 Å². The van der Waals surface area contributed by atoms with Gasteiger partial charge in [0.05, 0.1) is 0 Å². The predicted octanol–water partition coefficient (Wildman–Crippen LogP) is 2.87. The Kier molecular flexibility index (Phi) is 2.39. The fraction of sp³-hybridized carbons (Fsp3) is 1.00. The smallest absolute Gasteiger partial charge is 0.214 e. The third-order valence-corrected chi connectivity index (χ3v) is 2.83. The fourth-order valence-corrected chi connectivity index (χ4v) is 2.94. The molecule has 1 fully saturated rings. The molecule has 0 aromatic heterocycles. The molecule has 0 radical (unpaired) electrons. The molecule has 0 unspecified atom stereocenters. The van der Waals surface area contributed by atoms with Crippen LogP contribution in [-0.4, -0.2) is 11.0 Å². The van der Waals surface area contributed by atoms with E-state index in [-0.39, 0.29) is 21.8 Å². The summed E-state index contributed by atoms with van der Waals surface area (Å²) >= 11 is 0. The van der Waals surface area contributed by atoms with Crippen LogP contribution in [0.5, 0.6) is 0 Å². The lowest BCUT2D eigenvalue weighted by Crippen LogP contribution is -2.40. The molecule has 3 heteroatoms. The Hall–Kier alpha value is -0.600. The van der Waals surface area contributed by atoms with Gasteiger partial charge in [-0.2, -0.15) is 0 Å². The Labute approximate surface area is 79.7 Å². The van der Waals surface area contributed by atoms with Crippen LogP contribution in [0.4, 0.5) is 0 Å². The van der Waals surface area contributed by atoms with E-state index in [4.69, 9.17) is 0 Å². The molecule has 76 valence electrons. The van der Waals surface area contributed by atoms with Crippen molar-refractivity contribution < 1.29 is 4.92 Å². The summed E-state index contributed by atoms with van der Waals surface area (Å²) in [7, 11) is 0. The van der Waals surface area contributed by atoms with Gasteiger partial charge in [-0.25, -0.2) is 0 Å². The SMILES string of the molecule is CC1(C)CC([N+](=O)[O-])CC(C)(C)C1. The van der Waals surface area contributed by atoms with Gasteiger partial charge in [0.25, 0.3) is 0 Å². The minimum atomic E-state index is -0.334. The Morgan fingerprint density at radius 3 is 1.85 bits per heavy atom. The zero-order valence-electron chi connectivity index (χ0n) is 8.96. The molecule has 1 aliphatic rings. The zero-order valence-corrected chi connectivity index (χ0v) is 8.96. The van der Waals surface area contributed by atoms with Crippen LogP contribution in [0.15, 0.2) is 0 Å². The van der Waals surface area contributed by atoms with Crippen LogP contribution in [0.3, 0.4) is 0 Å². The molecule has 0 amide bonds. The van der Waals surface area contributed by atoms with Crippen molar-refractivity contribution in [3.8, 4) is 0 Å². The predicted molar refractivity (Wildman–Crippen MR) is 52.2 cm³/mol. The van der Waals surface area contributed by atoms with Gasteiger partial charge in [0.15, 0.2) is 0 Å². The standard InChI is InChI=1S/C10H19NO2/c1-9(2)5-8(11(12)13)6-10(3,4)7-9/h8H,5-7H2,1-4H3. The molecule has 13 heavy (non-hydrogen) atoms. The molecule has 0 bridgehead atoms. The number of hydrogen-bond acceptors (Lipinski definition) is 2. The maximum absolute atomic E-state index is 10.7. The molecule has 1 rings (SSSR count). The van der Waals surface area contributed by atoms with Crippen LogP contribution >= 0.6 is 0 Å². The Morgan fingerprint density at radius 1 is 1.15 bits per heavy atom. The summed E-state index contributed by atoms with van der Waals surface area (Å²) in [6.45, 7) is 8.52. The summed E-state index contributed by atoms with van der Waals surface area (Å²) in [6.07, 6.45) is 2.54. The number of rotatable bonds is 1. The molecule has 0 atom stereocenters. The van der Waals surface area contributed by atoms with Crippen LogP contribution in [0, 0.1) is 20.9 Å². The summed E-state index contributed by atoms with van der Waals surface area (Å²) in [5.74, 6) is 0. The molecule has 1 aliphatic carbocycles. The lowest BCUT2D eigenvalue weighted by atomic mass is 9.64. The van der Waals surface area contributed by atoms with Gasteiger partial charge in [0, 0.05) is 17.8 Å². The first-order chi connectivity index (χ1) is 5.72. The van der Waals surface area contributed by atoms with Gasteiger partial charge >= 0.3 is 0 Å². The second-order valence-corrected chi connectivity index (χ2v) is 5.85. The van der Waals surface area contributed by atoms with Gasteiger partial charge < -0.3 is 0 Å². The van der Waals surface area contributed by atoms with E-state index in [1.54, 1.807) is 0 Å². The molecule has 0 N–H and O–H groups in total. The molecule has 0 aromatic carbocycles. The topological polar surface area (TPSA) is 43.1 Å². The Morgan fingerprint density at radius 2 is 1.54 bits per heavy atom. The highest BCUT2D eigenvalue weighted by Crippen LogP contribution is 2.46. The Balaban J connectivity index is 2.78. The number of nitrogens with zero attached hydrogens (tertiary/aromatic N) is 1. The summed E-state index contributed by atoms with van der Waals surface area (Å²) in [6, 6.07) is -0.334. The van der Waals surface area contributed by atoms with Crippen LogP contribution < -0.4 is 0 Å². The van der Waals surface area contributed by atoms with E-state index in [9.17, 15) is 10.1 Å². The van der Waals surface area contributed by atoms with E-state index in [0.717, 1.165) is 19.3 Å². The first kappa shape index (κ1) is 10.5. The quantitative estimate of drug-likeness (QED) is 0.465. The highest BCUT2D eigenvalue weighted by Gasteiger charge is 2.43. The molecular formula is C10H19NO2. The van der Waals surface area contributed by atoms with Crippen molar-refractivity contribution >= 4 is 0 Å². The molecule has 3 nitrogen and oxygen atoms in total. The fourth-order valence-electron chi connectivity index (χ4n) is 2.94. The lowest BCUT2D eigenvalue weighted by Gasteiger charge is -2.41. The monoisotopic (exact) mass is 185 g/mol. The van der Waals surface area contributed by atoms with E-state index in [1.165, 1.54) is 0 Å². The van der Waals surface area contributed by atoms with Crippen molar-refractivity contribution in [2.45, 2.75) is 53.0 Å². The lowest BCUT2D eigenvalue weighted by molar-refractivity contribution is -0.533. The molecule has 0 spiro atoms. The van der Waals surface area contributed by atoms with Crippen LogP contribution in [0.1, 0.15) is 47.0 Å². The molecular weight excluding hydrogens is 166 g/mol. The van der Waals surface area contributed by atoms with Crippen molar-refractivity contribution in [3.63, 3.8) is 0 Å². The molecule has 0 saturated heterocycles. The first-order valence-corrected chi connectivity index (χ1v) is 4.85. The van der Waals surface area contributed by atoms with Crippen molar-refractivity contribution in [3.05, 3.63) is 10.1 Å². The van der Waals surface area contributed by atoms with Crippen LogP contribution in [0.2, 0.25) is 0 Å². The molecule has 0 aliphatic heterocycles.